The van der Waals surface area contributed by atoms with Crippen LogP contribution in [-0.2, 0) is 13.0 Å². The van der Waals surface area contributed by atoms with Gasteiger partial charge in [-0.1, -0.05) is 0 Å². The minimum Gasteiger partial charge on any atom is -1.00 e. The molecule has 26 heavy (non-hydrogen) atoms. The van der Waals surface area contributed by atoms with Crippen LogP contribution in [0, 0.1) is 0 Å². The zero-order valence-electron chi connectivity index (χ0n) is 14.9. The van der Waals surface area contributed by atoms with Crippen molar-refractivity contribution in [1.29, 1.82) is 0 Å². The third-order valence-corrected chi connectivity index (χ3v) is 4.81. The normalized spacial score (nSPS) is 12.0. The SMILES string of the molecule is COc1cc2c(cc1O)-c1cc3ccc(OC)c(OC)c3c[n+]1CC2.[I-]. The van der Waals surface area contributed by atoms with Crippen molar-refractivity contribution in [2.45, 2.75) is 13.0 Å². The predicted octanol–water partition coefficient (Wildman–Crippen LogP) is 0.0858. The summed E-state index contributed by atoms with van der Waals surface area (Å²) in [5.41, 5.74) is 3.27. The second-order valence-corrected chi connectivity index (χ2v) is 6.09. The summed E-state index contributed by atoms with van der Waals surface area (Å²) < 4.78 is 18.4. The third kappa shape index (κ3) is 2.82. The molecular formula is C20H20INO4. The van der Waals surface area contributed by atoms with Gasteiger partial charge in [0, 0.05) is 12.5 Å². The van der Waals surface area contributed by atoms with Crippen molar-refractivity contribution in [3.8, 4) is 34.3 Å². The van der Waals surface area contributed by atoms with Crippen molar-refractivity contribution in [2.24, 2.45) is 0 Å². The Morgan fingerprint density at radius 2 is 1.73 bits per heavy atom. The minimum atomic E-state index is 0. The lowest BCUT2D eigenvalue weighted by atomic mass is 9.95. The van der Waals surface area contributed by atoms with Crippen LogP contribution in [0.1, 0.15) is 5.56 Å². The maximum Gasteiger partial charge on any atom is 0.213 e. The van der Waals surface area contributed by atoms with Gasteiger partial charge in [0.2, 0.25) is 5.69 Å². The van der Waals surface area contributed by atoms with Gasteiger partial charge in [-0.25, -0.2) is 0 Å². The number of aromatic nitrogens is 1. The summed E-state index contributed by atoms with van der Waals surface area (Å²) in [5.74, 6) is 2.12. The number of hydrogen-bond acceptors (Lipinski definition) is 4. The van der Waals surface area contributed by atoms with Crippen LogP contribution in [0.5, 0.6) is 23.0 Å². The number of halogens is 1. The number of benzene rings is 2. The summed E-state index contributed by atoms with van der Waals surface area (Å²) >= 11 is 0. The Hall–Kier alpha value is -2.22. The molecule has 0 fully saturated rings. The molecular weight excluding hydrogens is 445 g/mol. The molecule has 0 saturated heterocycles. The van der Waals surface area contributed by atoms with Crippen LogP contribution in [0.3, 0.4) is 0 Å². The van der Waals surface area contributed by atoms with Gasteiger partial charge in [-0.2, -0.15) is 4.57 Å². The monoisotopic (exact) mass is 465 g/mol. The van der Waals surface area contributed by atoms with E-state index in [1.165, 1.54) is 5.56 Å². The van der Waals surface area contributed by atoms with E-state index in [4.69, 9.17) is 14.2 Å². The zero-order valence-corrected chi connectivity index (χ0v) is 17.0. The quantitative estimate of drug-likeness (QED) is 0.440. The smallest absolute Gasteiger partial charge is 0.213 e. The van der Waals surface area contributed by atoms with Crippen LogP contribution >= 0.6 is 0 Å². The molecule has 4 rings (SSSR count). The number of rotatable bonds is 3. The Morgan fingerprint density at radius 3 is 2.42 bits per heavy atom. The molecule has 0 spiro atoms. The predicted molar refractivity (Wildman–Crippen MR) is 94.6 cm³/mol. The summed E-state index contributed by atoms with van der Waals surface area (Å²) in [7, 11) is 4.86. The van der Waals surface area contributed by atoms with E-state index in [-0.39, 0.29) is 29.7 Å². The van der Waals surface area contributed by atoms with Crippen molar-refractivity contribution in [3.05, 3.63) is 42.1 Å². The summed E-state index contributed by atoms with van der Waals surface area (Å²) in [5, 5.41) is 12.3. The van der Waals surface area contributed by atoms with Gasteiger partial charge in [-0.05, 0) is 35.2 Å². The Bertz CT molecular complexity index is 987. The molecule has 0 bridgehead atoms. The van der Waals surface area contributed by atoms with E-state index < -0.39 is 0 Å². The van der Waals surface area contributed by atoms with Crippen LogP contribution in [0.2, 0.25) is 0 Å². The van der Waals surface area contributed by atoms with Gasteiger partial charge in [-0.15, -0.1) is 0 Å². The number of nitrogens with zero attached hydrogens (tertiary/aromatic N) is 1. The van der Waals surface area contributed by atoms with Crippen molar-refractivity contribution >= 4 is 10.8 Å². The summed E-state index contributed by atoms with van der Waals surface area (Å²) in [6.07, 6.45) is 2.97. The molecule has 0 saturated carbocycles. The zero-order chi connectivity index (χ0) is 17.6. The summed E-state index contributed by atoms with van der Waals surface area (Å²) in [6, 6.07) is 9.77. The van der Waals surface area contributed by atoms with Gasteiger partial charge in [0.25, 0.3) is 0 Å². The Labute approximate surface area is 169 Å². The van der Waals surface area contributed by atoms with E-state index in [1.54, 1.807) is 27.4 Å². The van der Waals surface area contributed by atoms with E-state index >= 15 is 0 Å². The molecule has 1 N–H and O–H groups in total. The number of phenols is 1. The highest BCUT2D eigenvalue weighted by Crippen LogP contribution is 2.39. The fourth-order valence-electron chi connectivity index (χ4n) is 3.56. The number of hydrogen-bond donors (Lipinski definition) is 1. The van der Waals surface area contributed by atoms with Crippen molar-refractivity contribution in [1.82, 2.24) is 0 Å². The number of phenolic OH excluding ortho intramolecular Hbond substituents is 1. The van der Waals surface area contributed by atoms with Gasteiger partial charge in [0.1, 0.15) is 0 Å². The highest BCUT2D eigenvalue weighted by molar-refractivity contribution is 5.91. The number of aromatic hydroxyl groups is 1. The van der Waals surface area contributed by atoms with Crippen LogP contribution in [0.15, 0.2) is 36.5 Å². The number of fused-ring (bicyclic) bond motifs is 4. The van der Waals surface area contributed by atoms with E-state index in [0.29, 0.717) is 11.5 Å². The van der Waals surface area contributed by atoms with Gasteiger partial charge in [-0.3, -0.25) is 0 Å². The lowest BCUT2D eigenvalue weighted by Crippen LogP contribution is -3.00. The molecule has 0 unspecified atom stereocenters. The van der Waals surface area contributed by atoms with E-state index in [1.807, 2.05) is 18.2 Å². The largest absolute Gasteiger partial charge is 1.00 e. The number of ether oxygens (including phenoxy) is 3. The molecule has 0 aliphatic carbocycles. The first-order chi connectivity index (χ1) is 12.2. The fraction of sp³-hybridized carbons (Fsp3) is 0.250. The lowest BCUT2D eigenvalue weighted by molar-refractivity contribution is -0.686. The first kappa shape index (κ1) is 18.6. The molecule has 5 nitrogen and oxygen atoms in total. The number of aryl methyl sites for hydroxylation is 2. The highest BCUT2D eigenvalue weighted by atomic mass is 127. The molecule has 136 valence electrons. The van der Waals surface area contributed by atoms with Crippen molar-refractivity contribution in [2.75, 3.05) is 21.3 Å². The van der Waals surface area contributed by atoms with Gasteiger partial charge in [0.15, 0.2) is 35.7 Å². The molecule has 0 atom stereocenters. The second kappa shape index (κ2) is 7.19. The average Bonchev–Trinajstić information content (AvgIpc) is 2.65. The molecule has 2 heterocycles. The minimum absolute atomic E-state index is 0. The highest BCUT2D eigenvalue weighted by Gasteiger charge is 2.26. The maximum atomic E-state index is 10.2. The second-order valence-electron chi connectivity index (χ2n) is 6.09. The maximum absolute atomic E-state index is 10.2. The van der Waals surface area contributed by atoms with Crippen LogP contribution in [0.4, 0.5) is 0 Å². The third-order valence-electron chi connectivity index (χ3n) is 4.81. The Kier molecular flexibility index (Phi) is 5.13. The van der Waals surface area contributed by atoms with Gasteiger partial charge in [0.05, 0.1) is 32.3 Å². The molecule has 1 aliphatic heterocycles. The standard InChI is InChI=1S/C20H19NO4.HI/c1-23-18-5-4-12-8-16-14-10-17(22)19(24-2)9-13(14)6-7-21(16)11-15(12)20(18)25-3;/h4-5,8-11H,6-7H2,1-3H3;1H. The first-order valence-corrected chi connectivity index (χ1v) is 8.14. The topological polar surface area (TPSA) is 51.8 Å². The number of pyridine rings is 1. The van der Waals surface area contributed by atoms with Crippen LogP contribution < -0.4 is 42.8 Å². The van der Waals surface area contributed by atoms with Crippen LogP contribution in [0.25, 0.3) is 22.0 Å². The lowest BCUT2D eigenvalue weighted by Gasteiger charge is -2.18. The Balaban J connectivity index is 0.00000196. The Morgan fingerprint density at radius 1 is 0.962 bits per heavy atom. The van der Waals surface area contributed by atoms with E-state index in [0.717, 1.165) is 40.7 Å². The molecule has 1 aromatic heterocycles. The van der Waals surface area contributed by atoms with Gasteiger partial charge >= 0.3 is 0 Å². The molecule has 0 radical (unpaired) electrons. The molecule has 2 aromatic carbocycles. The fourth-order valence-corrected chi connectivity index (χ4v) is 3.56. The molecule has 6 heteroatoms. The number of methoxy groups -OCH3 is 3. The summed E-state index contributed by atoms with van der Waals surface area (Å²) in [6.45, 7) is 0.854. The van der Waals surface area contributed by atoms with E-state index in [9.17, 15) is 5.11 Å². The first-order valence-electron chi connectivity index (χ1n) is 8.14. The molecule has 3 aromatic rings. The molecule has 1 aliphatic rings. The van der Waals surface area contributed by atoms with Crippen LogP contribution in [-0.4, -0.2) is 26.4 Å². The molecule has 0 amide bonds. The van der Waals surface area contributed by atoms with Crippen molar-refractivity contribution < 1.29 is 47.9 Å². The average molecular weight is 465 g/mol. The van der Waals surface area contributed by atoms with E-state index in [2.05, 4.69) is 16.8 Å². The van der Waals surface area contributed by atoms with Gasteiger partial charge < -0.3 is 43.3 Å². The van der Waals surface area contributed by atoms with Crippen molar-refractivity contribution in [3.63, 3.8) is 0 Å². The summed E-state index contributed by atoms with van der Waals surface area (Å²) in [4.78, 5) is 0.